The molecule has 0 N–H and O–H groups in total. The van der Waals surface area contributed by atoms with Gasteiger partial charge in [0, 0.05) is 43.7 Å². The molecule has 0 amide bonds. The maximum atomic E-state index is 5.42. The molecular weight excluding hydrogens is 332 g/mol. The SMILES string of the molecule is Cc1ccccc1CN1CCN(Cc2nc(-c3ccsc3)no2)CC1. The Labute approximate surface area is 151 Å². The lowest BCUT2D eigenvalue weighted by Gasteiger charge is -2.34. The summed E-state index contributed by atoms with van der Waals surface area (Å²) >= 11 is 1.64. The molecule has 5 nitrogen and oxygen atoms in total. The van der Waals surface area contributed by atoms with E-state index in [4.69, 9.17) is 4.52 Å². The van der Waals surface area contributed by atoms with E-state index in [-0.39, 0.29) is 0 Å². The van der Waals surface area contributed by atoms with Gasteiger partial charge in [-0.25, -0.2) is 0 Å². The van der Waals surface area contributed by atoms with Crippen LogP contribution in [0.15, 0.2) is 45.6 Å². The summed E-state index contributed by atoms with van der Waals surface area (Å²) in [5.74, 6) is 1.39. The van der Waals surface area contributed by atoms with Crippen molar-refractivity contribution in [3.8, 4) is 11.4 Å². The molecular formula is C19H22N4OS. The molecule has 0 atom stereocenters. The van der Waals surface area contributed by atoms with Crippen molar-refractivity contribution in [1.82, 2.24) is 19.9 Å². The molecule has 0 bridgehead atoms. The molecule has 0 radical (unpaired) electrons. The van der Waals surface area contributed by atoms with Crippen molar-refractivity contribution in [3.63, 3.8) is 0 Å². The van der Waals surface area contributed by atoms with Crippen molar-refractivity contribution >= 4 is 11.3 Å². The number of rotatable bonds is 5. The Morgan fingerprint density at radius 1 is 1.04 bits per heavy atom. The smallest absolute Gasteiger partial charge is 0.241 e. The fraction of sp³-hybridized carbons (Fsp3) is 0.368. The highest BCUT2D eigenvalue weighted by molar-refractivity contribution is 7.08. The van der Waals surface area contributed by atoms with E-state index >= 15 is 0 Å². The zero-order chi connectivity index (χ0) is 17.1. The molecule has 2 aromatic heterocycles. The van der Waals surface area contributed by atoms with Crippen molar-refractivity contribution in [2.24, 2.45) is 0 Å². The molecule has 1 aliphatic heterocycles. The van der Waals surface area contributed by atoms with Crippen LogP contribution < -0.4 is 0 Å². The number of hydrogen-bond donors (Lipinski definition) is 0. The van der Waals surface area contributed by atoms with Crippen LogP contribution in [0.2, 0.25) is 0 Å². The number of aromatic nitrogens is 2. The van der Waals surface area contributed by atoms with Gasteiger partial charge in [-0.05, 0) is 29.5 Å². The Hall–Kier alpha value is -2.02. The number of piperazine rings is 1. The topological polar surface area (TPSA) is 45.4 Å². The summed E-state index contributed by atoms with van der Waals surface area (Å²) in [7, 11) is 0. The molecule has 1 fully saturated rings. The number of benzene rings is 1. The van der Waals surface area contributed by atoms with Crippen LogP contribution in [0, 0.1) is 6.92 Å². The Balaban J connectivity index is 1.30. The summed E-state index contributed by atoms with van der Waals surface area (Å²) < 4.78 is 5.42. The van der Waals surface area contributed by atoms with Gasteiger partial charge >= 0.3 is 0 Å². The molecule has 0 aliphatic carbocycles. The van der Waals surface area contributed by atoms with E-state index < -0.39 is 0 Å². The summed E-state index contributed by atoms with van der Waals surface area (Å²) in [6.07, 6.45) is 0. The predicted molar refractivity (Wildman–Crippen MR) is 99.3 cm³/mol. The first-order chi connectivity index (χ1) is 12.3. The molecule has 1 aromatic carbocycles. The molecule has 3 aromatic rings. The van der Waals surface area contributed by atoms with Gasteiger partial charge in [0.05, 0.1) is 6.54 Å². The summed E-state index contributed by atoms with van der Waals surface area (Å²) in [5, 5.41) is 8.16. The van der Waals surface area contributed by atoms with E-state index in [0.717, 1.165) is 44.8 Å². The third-order valence-corrected chi connectivity index (χ3v) is 5.41. The zero-order valence-electron chi connectivity index (χ0n) is 14.4. The van der Waals surface area contributed by atoms with Gasteiger partial charge in [0.25, 0.3) is 0 Å². The molecule has 6 heteroatoms. The van der Waals surface area contributed by atoms with E-state index in [1.807, 2.05) is 16.8 Å². The molecule has 25 heavy (non-hydrogen) atoms. The van der Waals surface area contributed by atoms with Crippen LogP contribution >= 0.6 is 11.3 Å². The minimum atomic E-state index is 0.689. The predicted octanol–water partition coefficient (Wildman–Crippen LogP) is 3.42. The maximum absolute atomic E-state index is 5.42. The van der Waals surface area contributed by atoms with Crippen molar-refractivity contribution in [1.29, 1.82) is 0 Å². The number of hydrogen-bond acceptors (Lipinski definition) is 6. The summed E-state index contributed by atoms with van der Waals surface area (Å²) in [5.41, 5.74) is 3.83. The van der Waals surface area contributed by atoms with Crippen LogP contribution in [0.1, 0.15) is 17.0 Å². The van der Waals surface area contributed by atoms with Crippen molar-refractivity contribution in [2.45, 2.75) is 20.0 Å². The molecule has 130 valence electrons. The number of thiophene rings is 1. The standard InChI is InChI=1S/C19H22N4OS/c1-15-4-2-3-5-16(15)12-22-7-9-23(10-8-22)13-18-20-19(21-24-18)17-6-11-25-14-17/h2-6,11,14H,7-10,12-13H2,1H3. The van der Waals surface area contributed by atoms with Crippen LogP contribution in [0.4, 0.5) is 0 Å². The fourth-order valence-corrected chi connectivity index (χ4v) is 3.79. The van der Waals surface area contributed by atoms with Gasteiger partial charge in [-0.3, -0.25) is 9.80 Å². The molecule has 4 rings (SSSR count). The third-order valence-electron chi connectivity index (χ3n) is 4.73. The van der Waals surface area contributed by atoms with Crippen molar-refractivity contribution < 1.29 is 4.52 Å². The first kappa shape index (κ1) is 16.4. The highest BCUT2D eigenvalue weighted by Gasteiger charge is 2.20. The lowest BCUT2D eigenvalue weighted by molar-refractivity contribution is 0.112. The maximum Gasteiger partial charge on any atom is 0.241 e. The molecule has 1 saturated heterocycles. The minimum absolute atomic E-state index is 0.689. The van der Waals surface area contributed by atoms with E-state index in [1.165, 1.54) is 11.1 Å². The second-order valence-electron chi connectivity index (χ2n) is 6.50. The Morgan fingerprint density at radius 2 is 1.80 bits per heavy atom. The van der Waals surface area contributed by atoms with Crippen LogP contribution in [0.3, 0.4) is 0 Å². The highest BCUT2D eigenvalue weighted by atomic mass is 32.1. The Morgan fingerprint density at radius 3 is 2.52 bits per heavy atom. The normalized spacial score (nSPS) is 16.4. The zero-order valence-corrected chi connectivity index (χ0v) is 15.2. The molecule has 0 saturated carbocycles. The average molecular weight is 354 g/mol. The number of nitrogens with zero attached hydrogens (tertiary/aromatic N) is 4. The first-order valence-corrected chi connectivity index (χ1v) is 9.56. The van der Waals surface area contributed by atoms with E-state index in [2.05, 4.69) is 51.1 Å². The fourth-order valence-electron chi connectivity index (χ4n) is 3.15. The lowest BCUT2D eigenvalue weighted by atomic mass is 10.1. The average Bonchev–Trinajstić information content (AvgIpc) is 3.30. The van der Waals surface area contributed by atoms with Crippen LogP contribution in [-0.2, 0) is 13.1 Å². The van der Waals surface area contributed by atoms with Gasteiger partial charge < -0.3 is 4.52 Å². The Bertz CT molecular complexity index is 806. The minimum Gasteiger partial charge on any atom is -0.338 e. The van der Waals surface area contributed by atoms with Crippen LogP contribution in [0.25, 0.3) is 11.4 Å². The van der Waals surface area contributed by atoms with E-state index in [9.17, 15) is 0 Å². The third kappa shape index (κ3) is 3.98. The van der Waals surface area contributed by atoms with Gasteiger partial charge in [0.1, 0.15) is 0 Å². The molecule has 0 unspecified atom stereocenters. The quantitative estimate of drug-likeness (QED) is 0.702. The molecule has 0 spiro atoms. The van der Waals surface area contributed by atoms with Gasteiger partial charge in [0.15, 0.2) is 0 Å². The molecule has 3 heterocycles. The highest BCUT2D eigenvalue weighted by Crippen LogP contribution is 2.19. The summed E-state index contributed by atoms with van der Waals surface area (Å²) in [6, 6.07) is 10.7. The van der Waals surface area contributed by atoms with E-state index in [0.29, 0.717) is 11.7 Å². The van der Waals surface area contributed by atoms with E-state index in [1.54, 1.807) is 11.3 Å². The second kappa shape index (κ2) is 7.47. The Kier molecular flexibility index (Phi) is 4.92. The van der Waals surface area contributed by atoms with Crippen LogP contribution in [0.5, 0.6) is 0 Å². The van der Waals surface area contributed by atoms with Gasteiger partial charge in [-0.2, -0.15) is 16.3 Å². The lowest BCUT2D eigenvalue weighted by Crippen LogP contribution is -2.45. The second-order valence-corrected chi connectivity index (χ2v) is 7.28. The van der Waals surface area contributed by atoms with Gasteiger partial charge in [0.2, 0.25) is 11.7 Å². The van der Waals surface area contributed by atoms with Gasteiger partial charge in [-0.1, -0.05) is 29.4 Å². The molecule has 1 aliphatic rings. The van der Waals surface area contributed by atoms with Crippen molar-refractivity contribution in [2.75, 3.05) is 26.2 Å². The van der Waals surface area contributed by atoms with Gasteiger partial charge in [-0.15, -0.1) is 0 Å². The number of aryl methyl sites for hydroxylation is 1. The summed E-state index contributed by atoms with van der Waals surface area (Å²) in [4.78, 5) is 9.42. The monoisotopic (exact) mass is 354 g/mol. The van der Waals surface area contributed by atoms with Crippen molar-refractivity contribution in [3.05, 3.63) is 58.1 Å². The van der Waals surface area contributed by atoms with Crippen LogP contribution in [-0.4, -0.2) is 46.1 Å². The largest absolute Gasteiger partial charge is 0.338 e. The summed E-state index contributed by atoms with van der Waals surface area (Å²) in [6.45, 7) is 8.15. The first-order valence-electron chi connectivity index (χ1n) is 8.62.